The zero-order valence-corrected chi connectivity index (χ0v) is 10.9. The van der Waals surface area contributed by atoms with Crippen LogP contribution in [0.5, 0.6) is 0 Å². The fraction of sp³-hybridized carbons (Fsp3) is 0.417. The number of anilines is 1. The van der Waals surface area contributed by atoms with Gasteiger partial charge in [-0.3, -0.25) is 10.1 Å². The van der Waals surface area contributed by atoms with Crippen LogP contribution in [-0.2, 0) is 4.79 Å². The normalized spacial score (nSPS) is 16.2. The molecular formula is C12H14ClN3O3. The van der Waals surface area contributed by atoms with Crippen LogP contribution in [0, 0.1) is 5.92 Å². The van der Waals surface area contributed by atoms with Crippen LogP contribution >= 0.6 is 11.6 Å². The van der Waals surface area contributed by atoms with E-state index in [1.807, 2.05) is 0 Å². The Bertz CT molecular complexity index is 487. The molecule has 1 aromatic rings. The van der Waals surface area contributed by atoms with Crippen molar-refractivity contribution >= 4 is 29.4 Å². The second kappa shape index (κ2) is 5.88. The summed E-state index contributed by atoms with van der Waals surface area (Å²) in [6.07, 6.45) is 2.46. The molecule has 0 aromatic carbocycles. The van der Waals surface area contributed by atoms with Crippen molar-refractivity contribution in [1.29, 1.82) is 0 Å². The minimum atomic E-state index is -0.795. The largest absolute Gasteiger partial charge is 0.481 e. The maximum atomic E-state index is 11.9. The summed E-state index contributed by atoms with van der Waals surface area (Å²) in [7, 11) is 0. The van der Waals surface area contributed by atoms with E-state index < -0.39 is 5.97 Å². The number of hydrogen-bond acceptors (Lipinski definition) is 3. The molecule has 1 saturated heterocycles. The van der Waals surface area contributed by atoms with Crippen molar-refractivity contribution in [3.63, 3.8) is 0 Å². The SMILES string of the molecule is O=C(O)C1CCN(C(=O)Nc2cc(Cl)ccn2)CC1. The first-order valence-electron chi connectivity index (χ1n) is 5.96. The molecule has 0 spiro atoms. The average Bonchev–Trinajstić information content (AvgIpc) is 2.39. The number of likely N-dealkylation sites (tertiary alicyclic amines) is 1. The lowest BCUT2D eigenvalue weighted by Gasteiger charge is -2.29. The maximum Gasteiger partial charge on any atom is 0.323 e. The van der Waals surface area contributed by atoms with E-state index in [0.717, 1.165) is 0 Å². The minimum absolute atomic E-state index is 0.279. The molecule has 1 aliphatic rings. The molecular weight excluding hydrogens is 270 g/mol. The molecule has 2 amide bonds. The molecule has 1 aliphatic heterocycles. The number of halogens is 1. The average molecular weight is 284 g/mol. The number of aromatic nitrogens is 1. The third kappa shape index (κ3) is 3.57. The van der Waals surface area contributed by atoms with Crippen LogP contribution in [0.4, 0.5) is 10.6 Å². The Morgan fingerprint density at radius 3 is 2.68 bits per heavy atom. The first kappa shape index (κ1) is 13.6. The first-order valence-corrected chi connectivity index (χ1v) is 6.34. The molecule has 2 heterocycles. The molecule has 0 unspecified atom stereocenters. The lowest BCUT2D eigenvalue weighted by atomic mass is 9.97. The second-order valence-electron chi connectivity index (χ2n) is 4.39. The highest BCUT2D eigenvalue weighted by atomic mass is 35.5. The smallest absolute Gasteiger partial charge is 0.323 e. The number of urea groups is 1. The fourth-order valence-electron chi connectivity index (χ4n) is 1.99. The number of carbonyl (C=O) groups is 2. The number of carboxylic acids is 1. The number of pyridine rings is 1. The number of carbonyl (C=O) groups excluding carboxylic acids is 1. The van der Waals surface area contributed by atoms with Crippen LogP contribution in [0.3, 0.4) is 0 Å². The van der Waals surface area contributed by atoms with Gasteiger partial charge in [0, 0.05) is 24.3 Å². The Morgan fingerprint density at radius 1 is 1.42 bits per heavy atom. The number of amides is 2. The zero-order chi connectivity index (χ0) is 13.8. The van der Waals surface area contributed by atoms with Crippen LogP contribution in [0.2, 0.25) is 5.02 Å². The summed E-state index contributed by atoms with van der Waals surface area (Å²) in [5, 5.41) is 12.0. The van der Waals surface area contributed by atoms with E-state index in [0.29, 0.717) is 36.8 Å². The highest BCUT2D eigenvalue weighted by molar-refractivity contribution is 6.30. The quantitative estimate of drug-likeness (QED) is 0.870. The van der Waals surface area contributed by atoms with E-state index in [9.17, 15) is 9.59 Å². The van der Waals surface area contributed by atoms with Crippen molar-refractivity contribution < 1.29 is 14.7 Å². The van der Waals surface area contributed by atoms with Crippen molar-refractivity contribution in [2.75, 3.05) is 18.4 Å². The standard InChI is InChI=1S/C12H14ClN3O3/c13-9-1-4-14-10(7-9)15-12(19)16-5-2-8(3-6-16)11(17)18/h1,4,7-8H,2-3,5-6H2,(H,17,18)(H,14,15,19). The molecule has 2 N–H and O–H groups in total. The summed E-state index contributed by atoms with van der Waals surface area (Å²) < 4.78 is 0. The van der Waals surface area contributed by atoms with E-state index >= 15 is 0 Å². The summed E-state index contributed by atoms with van der Waals surface area (Å²) in [5.41, 5.74) is 0. The Hall–Kier alpha value is -1.82. The number of aliphatic carboxylic acids is 1. The molecule has 0 saturated carbocycles. The van der Waals surface area contributed by atoms with Gasteiger partial charge in [-0.1, -0.05) is 11.6 Å². The molecule has 2 rings (SSSR count). The zero-order valence-electron chi connectivity index (χ0n) is 10.2. The maximum absolute atomic E-state index is 11.9. The lowest BCUT2D eigenvalue weighted by Crippen LogP contribution is -2.42. The number of hydrogen-bond donors (Lipinski definition) is 2. The number of nitrogens with one attached hydrogen (secondary N) is 1. The molecule has 0 atom stereocenters. The van der Waals surface area contributed by atoms with E-state index in [1.165, 1.54) is 6.20 Å². The van der Waals surface area contributed by atoms with E-state index in [4.69, 9.17) is 16.7 Å². The van der Waals surface area contributed by atoms with Gasteiger partial charge in [0.2, 0.25) is 0 Å². The second-order valence-corrected chi connectivity index (χ2v) is 4.83. The Balaban J connectivity index is 1.90. The monoisotopic (exact) mass is 283 g/mol. The topological polar surface area (TPSA) is 82.5 Å². The van der Waals surface area contributed by atoms with Gasteiger partial charge in [0.25, 0.3) is 0 Å². The van der Waals surface area contributed by atoms with Gasteiger partial charge < -0.3 is 10.0 Å². The van der Waals surface area contributed by atoms with Gasteiger partial charge in [-0.05, 0) is 25.0 Å². The van der Waals surface area contributed by atoms with Gasteiger partial charge in [0.05, 0.1) is 5.92 Å². The van der Waals surface area contributed by atoms with Crippen molar-refractivity contribution in [3.8, 4) is 0 Å². The number of carboxylic acid groups (broad SMARTS) is 1. The summed E-state index contributed by atoms with van der Waals surface area (Å²) in [4.78, 5) is 28.3. The number of piperidine rings is 1. The van der Waals surface area contributed by atoms with Gasteiger partial charge in [-0.25, -0.2) is 9.78 Å². The van der Waals surface area contributed by atoms with Gasteiger partial charge >= 0.3 is 12.0 Å². The lowest BCUT2D eigenvalue weighted by molar-refractivity contribution is -0.143. The van der Waals surface area contributed by atoms with E-state index in [-0.39, 0.29) is 11.9 Å². The molecule has 7 heteroatoms. The Morgan fingerprint density at radius 2 is 2.11 bits per heavy atom. The van der Waals surface area contributed by atoms with E-state index in [1.54, 1.807) is 17.0 Å². The van der Waals surface area contributed by atoms with Crippen molar-refractivity contribution in [2.45, 2.75) is 12.8 Å². The summed E-state index contributed by atoms with van der Waals surface area (Å²) in [5.74, 6) is -0.761. The Kier molecular flexibility index (Phi) is 4.21. The van der Waals surface area contributed by atoms with Gasteiger partial charge in [-0.15, -0.1) is 0 Å². The van der Waals surface area contributed by atoms with Gasteiger partial charge in [0.1, 0.15) is 5.82 Å². The van der Waals surface area contributed by atoms with Crippen LogP contribution in [0.15, 0.2) is 18.3 Å². The molecule has 19 heavy (non-hydrogen) atoms. The van der Waals surface area contributed by atoms with Crippen LogP contribution in [0.25, 0.3) is 0 Å². The van der Waals surface area contributed by atoms with Gasteiger partial charge in [0.15, 0.2) is 0 Å². The molecule has 1 aromatic heterocycles. The van der Waals surface area contributed by atoms with Crippen LogP contribution < -0.4 is 5.32 Å². The third-order valence-corrected chi connectivity index (χ3v) is 3.32. The highest BCUT2D eigenvalue weighted by Gasteiger charge is 2.27. The van der Waals surface area contributed by atoms with Crippen molar-refractivity contribution in [1.82, 2.24) is 9.88 Å². The van der Waals surface area contributed by atoms with Crippen molar-refractivity contribution in [2.24, 2.45) is 5.92 Å². The van der Waals surface area contributed by atoms with E-state index in [2.05, 4.69) is 10.3 Å². The fourth-order valence-corrected chi connectivity index (χ4v) is 2.15. The molecule has 1 fully saturated rings. The first-order chi connectivity index (χ1) is 9.06. The predicted molar refractivity (Wildman–Crippen MR) is 70.2 cm³/mol. The molecule has 102 valence electrons. The molecule has 6 nitrogen and oxygen atoms in total. The minimum Gasteiger partial charge on any atom is -0.481 e. The van der Waals surface area contributed by atoms with Crippen LogP contribution in [-0.4, -0.2) is 40.1 Å². The number of rotatable bonds is 2. The van der Waals surface area contributed by atoms with Gasteiger partial charge in [-0.2, -0.15) is 0 Å². The predicted octanol–water partition coefficient (Wildman–Crippen LogP) is 2.06. The molecule has 0 bridgehead atoms. The summed E-state index contributed by atoms with van der Waals surface area (Å²) in [6.45, 7) is 0.868. The highest BCUT2D eigenvalue weighted by Crippen LogP contribution is 2.18. The molecule has 0 radical (unpaired) electrons. The van der Waals surface area contributed by atoms with Crippen LogP contribution in [0.1, 0.15) is 12.8 Å². The summed E-state index contributed by atoms with van der Waals surface area (Å²) in [6, 6.07) is 2.90. The third-order valence-electron chi connectivity index (χ3n) is 3.09. The molecule has 0 aliphatic carbocycles. The Labute approximate surface area is 115 Å². The number of nitrogens with zero attached hydrogens (tertiary/aromatic N) is 2. The van der Waals surface area contributed by atoms with Crippen molar-refractivity contribution in [3.05, 3.63) is 23.4 Å². The summed E-state index contributed by atoms with van der Waals surface area (Å²) >= 11 is 5.80.